The number of hydrogen-bond acceptors (Lipinski definition) is 5. The van der Waals surface area contributed by atoms with E-state index in [9.17, 15) is 0 Å². The first-order chi connectivity index (χ1) is 8.38. The molecule has 3 heterocycles. The maximum atomic E-state index is 4.42. The van der Waals surface area contributed by atoms with E-state index in [1.54, 1.807) is 0 Å². The zero-order valence-electron chi connectivity index (χ0n) is 9.59. The highest BCUT2D eigenvalue weighted by Gasteiger charge is 2.24. The first kappa shape index (κ1) is 10.1. The van der Waals surface area contributed by atoms with Crippen molar-refractivity contribution in [2.75, 3.05) is 24.2 Å². The molecule has 1 unspecified atom stereocenters. The molecule has 6 heteroatoms. The summed E-state index contributed by atoms with van der Waals surface area (Å²) in [4.78, 5) is 8.75. The Bertz CT molecular complexity index is 506. The maximum Gasteiger partial charge on any atom is 0.243 e. The Hall–Kier alpha value is -2.11. The average molecular weight is 230 g/mol. The van der Waals surface area contributed by atoms with Crippen LogP contribution in [0.25, 0.3) is 0 Å². The molecule has 0 aliphatic carbocycles. The van der Waals surface area contributed by atoms with Crippen molar-refractivity contribution in [1.82, 2.24) is 19.7 Å². The number of pyridine rings is 1. The molecule has 0 bridgehead atoms. The van der Waals surface area contributed by atoms with Crippen molar-refractivity contribution in [1.29, 1.82) is 0 Å². The summed E-state index contributed by atoms with van der Waals surface area (Å²) in [6.45, 7) is 0.892. The fourth-order valence-electron chi connectivity index (χ4n) is 2.06. The van der Waals surface area contributed by atoms with Gasteiger partial charge in [-0.3, -0.25) is 4.98 Å². The Labute approximate surface area is 99.1 Å². The summed E-state index contributed by atoms with van der Waals surface area (Å²) in [7, 11) is 1.82. The van der Waals surface area contributed by atoms with E-state index in [2.05, 4.69) is 25.7 Å². The summed E-state index contributed by atoms with van der Waals surface area (Å²) in [6, 6.07) is 6.12. The first-order valence-electron chi connectivity index (χ1n) is 5.67. The van der Waals surface area contributed by atoms with Crippen LogP contribution in [0.2, 0.25) is 0 Å². The van der Waals surface area contributed by atoms with E-state index in [-0.39, 0.29) is 6.04 Å². The SMILES string of the molecule is CNc1nc2n(n1)C(c1ccccn1)CCN2. The van der Waals surface area contributed by atoms with E-state index in [1.165, 1.54) is 0 Å². The zero-order valence-corrected chi connectivity index (χ0v) is 9.59. The standard InChI is InChI=1S/C11H14N6/c1-12-10-15-11-14-7-5-9(17(11)16-10)8-4-2-3-6-13-8/h2-4,6,9H,5,7H2,1H3,(H2,12,14,15,16). The number of fused-ring (bicyclic) bond motifs is 1. The quantitative estimate of drug-likeness (QED) is 0.809. The van der Waals surface area contributed by atoms with Crippen molar-refractivity contribution in [3.63, 3.8) is 0 Å². The first-order valence-corrected chi connectivity index (χ1v) is 5.67. The molecule has 2 aromatic rings. The molecule has 0 fully saturated rings. The van der Waals surface area contributed by atoms with Gasteiger partial charge < -0.3 is 10.6 Å². The van der Waals surface area contributed by atoms with Gasteiger partial charge in [0.05, 0.1) is 11.7 Å². The predicted octanol–water partition coefficient (Wildman–Crippen LogP) is 1.12. The molecule has 0 aromatic carbocycles. The van der Waals surface area contributed by atoms with E-state index in [0.717, 1.165) is 24.6 Å². The van der Waals surface area contributed by atoms with E-state index < -0.39 is 0 Å². The highest BCUT2D eigenvalue weighted by atomic mass is 15.5. The van der Waals surface area contributed by atoms with Gasteiger partial charge in [0.15, 0.2) is 0 Å². The van der Waals surface area contributed by atoms with Crippen LogP contribution >= 0.6 is 0 Å². The minimum Gasteiger partial charge on any atom is -0.356 e. The van der Waals surface area contributed by atoms with Crippen LogP contribution in [0.3, 0.4) is 0 Å². The summed E-state index contributed by atoms with van der Waals surface area (Å²) >= 11 is 0. The second-order valence-corrected chi connectivity index (χ2v) is 3.94. The van der Waals surface area contributed by atoms with Gasteiger partial charge in [0, 0.05) is 19.8 Å². The van der Waals surface area contributed by atoms with Crippen LogP contribution in [-0.4, -0.2) is 33.3 Å². The van der Waals surface area contributed by atoms with Gasteiger partial charge in [-0.1, -0.05) is 6.07 Å². The highest BCUT2D eigenvalue weighted by Crippen LogP contribution is 2.27. The largest absolute Gasteiger partial charge is 0.356 e. The van der Waals surface area contributed by atoms with Gasteiger partial charge in [0.25, 0.3) is 0 Å². The Kier molecular flexibility index (Phi) is 2.40. The topological polar surface area (TPSA) is 67.7 Å². The summed E-state index contributed by atoms with van der Waals surface area (Å²) < 4.78 is 1.90. The van der Waals surface area contributed by atoms with Gasteiger partial charge in [-0.15, -0.1) is 5.10 Å². The molecule has 0 amide bonds. The van der Waals surface area contributed by atoms with Crippen LogP contribution in [0.1, 0.15) is 18.2 Å². The molecule has 3 rings (SSSR count). The molecule has 6 nitrogen and oxygen atoms in total. The number of nitrogens with zero attached hydrogens (tertiary/aromatic N) is 4. The van der Waals surface area contributed by atoms with Crippen LogP contribution in [0, 0.1) is 0 Å². The van der Waals surface area contributed by atoms with E-state index in [4.69, 9.17) is 0 Å². The lowest BCUT2D eigenvalue weighted by Gasteiger charge is -2.23. The van der Waals surface area contributed by atoms with Crippen molar-refractivity contribution < 1.29 is 0 Å². The molecule has 2 N–H and O–H groups in total. The fourth-order valence-corrected chi connectivity index (χ4v) is 2.06. The van der Waals surface area contributed by atoms with Gasteiger partial charge in [0.1, 0.15) is 0 Å². The Morgan fingerprint density at radius 1 is 1.47 bits per heavy atom. The van der Waals surface area contributed by atoms with E-state index >= 15 is 0 Å². The lowest BCUT2D eigenvalue weighted by atomic mass is 10.1. The van der Waals surface area contributed by atoms with Crippen molar-refractivity contribution in [2.45, 2.75) is 12.5 Å². The normalized spacial score (nSPS) is 18.3. The lowest BCUT2D eigenvalue weighted by Crippen LogP contribution is -2.25. The van der Waals surface area contributed by atoms with Crippen molar-refractivity contribution in [3.05, 3.63) is 30.1 Å². The second-order valence-electron chi connectivity index (χ2n) is 3.94. The van der Waals surface area contributed by atoms with E-state index in [1.807, 2.05) is 36.1 Å². The monoisotopic (exact) mass is 230 g/mol. The fraction of sp³-hybridized carbons (Fsp3) is 0.364. The Balaban J connectivity index is 2.02. The number of nitrogens with one attached hydrogen (secondary N) is 2. The highest BCUT2D eigenvalue weighted by molar-refractivity contribution is 5.38. The minimum atomic E-state index is 0.169. The summed E-state index contributed by atoms with van der Waals surface area (Å²) in [5, 5.41) is 10.6. The van der Waals surface area contributed by atoms with Crippen LogP contribution in [-0.2, 0) is 0 Å². The average Bonchev–Trinajstić information content (AvgIpc) is 2.82. The third kappa shape index (κ3) is 1.71. The van der Waals surface area contributed by atoms with Crippen LogP contribution in [0.15, 0.2) is 24.4 Å². The van der Waals surface area contributed by atoms with Crippen molar-refractivity contribution in [2.24, 2.45) is 0 Å². The van der Waals surface area contributed by atoms with Gasteiger partial charge in [-0.25, -0.2) is 4.68 Å². The molecule has 0 spiro atoms. The smallest absolute Gasteiger partial charge is 0.243 e. The molecule has 0 saturated heterocycles. The van der Waals surface area contributed by atoms with Crippen molar-refractivity contribution >= 4 is 11.9 Å². The number of anilines is 2. The molecule has 17 heavy (non-hydrogen) atoms. The molecular weight excluding hydrogens is 216 g/mol. The summed E-state index contributed by atoms with van der Waals surface area (Å²) in [5.74, 6) is 1.44. The number of aromatic nitrogens is 4. The van der Waals surface area contributed by atoms with E-state index in [0.29, 0.717) is 5.95 Å². The Morgan fingerprint density at radius 2 is 2.41 bits per heavy atom. The third-order valence-electron chi connectivity index (χ3n) is 2.88. The molecule has 1 aliphatic heterocycles. The lowest BCUT2D eigenvalue weighted by molar-refractivity contribution is 0.471. The van der Waals surface area contributed by atoms with Gasteiger partial charge in [-0.05, 0) is 18.6 Å². The summed E-state index contributed by atoms with van der Waals surface area (Å²) in [5.41, 5.74) is 1.03. The Morgan fingerprint density at radius 3 is 3.18 bits per heavy atom. The predicted molar refractivity (Wildman–Crippen MR) is 65.1 cm³/mol. The molecule has 1 aliphatic rings. The van der Waals surface area contributed by atoms with Gasteiger partial charge >= 0.3 is 0 Å². The zero-order chi connectivity index (χ0) is 11.7. The molecule has 88 valence electrons. The molecular formula is C11H14N6. The van der Waals surface area contributed by atoms with Crippen LogP contribution in [0.4, 0.5) is 11.9 Å². The molecule has 2 aromatic heterocycles. The number of rotatable bonds is 2. The van der Waals surface area contributed by atoms with Gasteiger partial charge in [0.2, 0.25) is 11.9 Å². The van der Waals surface area contributed by atoms with Crippen molar-refractivity contribution in [3.8, 4) is 0 Å². The van der Waals surface area contributed by atoms with Gasteiger partial charge in [-0.2, -0.15) is 4.98 Å². The van der Waals surface area contributed by atoms with Crippen LogP contribution in [0.5, 0.6) is 0 Å². The maximum absolute atomic E-state index is 4.42. The minimum absolute atomic E-state index is 0.169. The molecule has 1 atom stereocenters. The third-order valence-corrected chi connectivity index (χ3v) is 2.88. The molecule has 0 saturated carbocycles. The van der Waals surface area contributed by atoms with Crippen LogP contribution < -0.4 is 10.6 Å². The molecule has 0 radical (unpaired) electrons. The summed E-state index contributed by atoms with van der Waals surface area (Å²) in [6.07, 6.45) is 2.78. The second kappa shape index (κ2) is 4.04. The number of hydrogen-bond donors (Lipinski definition) is 2.